The van der Waals surface area contributed by atoms with Crippen LogP contribution in [-0.4, -0.2) is 37.4 Å². The van der Waals surface area contributed by atoms with Gasteiger partial charge < -0.3 is 19.3 Å². The molecule has 1 fully saturated rings. The number of alkyl halides is 3. The molecule has 118 valence electrons. The number of hydrogen-bond donors (Lipinski definition) is 1. The fourth-order valence-electron chi connectivity index (χ4n) is 2.49. The summed E-state index contributed by atoms with van der Waals surface area (Å²) in [6, 6.07) is 5.31. The third kappa shape index (κ3) is 3.87. The van der Waals surface area contributed by atoms with Crippen LogP contribution < -0.4 is 4.74 Å². The summed E-state index contributed by atoms with van der Waals surface area (Å²) in [6.45, 7) is 0.868. The molecule has 0 spiro atoms. The molecule has 0 radical (unpaired) electrons. The number of halogens is 3. The number of hydrogen-bond acceptors (Lipinski definition) is 4. The van der Waals surface area contributed by atoms with Gasteiger partial charge in [0.05, 0.1) is 0 Å². The van der Waals surface area contributed by atoms with Crippen molar-refractivity contribution in [1.29, 1.82) is 0 Å². The van der Waals surface area contributed by atoms with Crippen LogP contribution in [0.25, 0.3) is 0 Å². The SMILES string of the molecule is COC1(C(O)c2cccc(OC(F)(F)F)c2)CCOCC1. The first-order chi connectivity index (χ1) is 9.86. The Bertz CT molecular complexity index is 470. The number of rotatable bonds is 4. The van der Waals surface area contributed by atoms with E-state index in [4.69, 9.17) is 9.47 Å². The number of methoxy groups -OCH3 is 1. The second-order valence-electron chi connectivity index (χ2n) is 4.90. The third-order valence-electron chi connectivity index (χ3n) is 3.65. The molecule has 2 rings (SSSR count). The smallest absolute Gasteiger partial charge is 0.406 e. The molecule has 4 nitrogen and oxygen atoms in total. The van der Waals surface area contributed by atoms with Crippen molar-refractivity contribution < 1.29 is 32.5 Å². The minimum atomic E-state index is -4.76. The van der Waals surface area contributed by atoms with Crippen molar-refractivity contribution >= 4 is 0 Å². The lowest BCUT2D eigenvalue weighted by atomic mass is 9.84. The molecule has 1 aliphatic rings. The standard InChI is InChI=1S/C14H17F3O4/c1-19-13(5-7-20-8-6-13)12(18)10-3-2-4-11(9-10)21-14(15,16)17/h2-4,9,12,18H,5-8H2,1H3. The molecule has 1 aromatic rings. The van der Waals surface area contributed by atoms with Gasteiger partial charge in [0.2, 0.25) is 0 Å². The van der Waals surface area contributed by atoms with E-state index in [-0.39, 0.29) is 5.75 Å². The van der Waals surface area contributed by atoms with Gasteiger partial charge in [-0.2, -0.15) is 0 Å². The van der Waals surface area contributed by atoms with Crippen LogP contribution in [0.15, 0.2) is 24.3 Å². The maximum atomic E-state index is 12.2. The molecule has 7 heteroatoms. The average Bonchev–Trinajstić information content (AvgIpc) is 2.45. The second kappa shape index (κ2) is 6.21. The van der Waals surface area contributed by atoms with Gasteiger partial charge >= 0.3 is 6.36 Å². The summed E-state index contributed by atoms with van der Waals surface area (Å²) < 4.78 is 51.3. The van der Waals surface area contributed by atoms with Crippen LogP contribution in [0.4, 0.5) is 13.2 Å². The molecule has 1 aliphatic heterocycles. The van der Waals surface area contributed by atoms with Gasteiger partial charge in [-0.15, -0.1) is 13.2 Å². The highest BCUT2D eigenvalue weighted by Gasteiger charge is 2.41. The molecule has 1 unspecified atom stereocenters. The third-order valence-corrected chi connectivity index (χ3v) is 3.65. The Morgan fingerprint density at radius 2 is 1.95 bits per heavy atom. The Kier molecular flexibility index (Phi) is 4.75. The number of aliphatic hydroxyl groups is 1. The normalized spacial score (nSPS) is 20.0. The highest BCUT2D eigenvalue weighted by molar-refractivity contribution is 5.31. The molecule has 0 aromatic heterocycles. The van der Waals surface area contributed by atoms with Gasteiger partial charge in [-0.05, 0) is 17.7 Å². The van der Waals surface area contributed by atoms with Gasteiger partial charge in [-0.25, -0.2) is 0 Å². The Morgan fingerprint density at radius 3 is 2.52 bits per heavy atom. The summed E-state index contributed by atoms with van der Waals surface area (Å²) in [6.07, 6.45) is -4.88. The highest BCUT2D eigenvalue weighted by Crippen LogP contribution is 2.38. The molecule has 1 atom stereocenters. The van der Waals surface area contributed by atoms with Gasteiger partial charge in [0.15, 0.2) is 0 Å². The molecule has 0 aliphatic carbocycles. The van der Waals surface area contributed by atoms with E-state index in [0.29, 0.717) is 31.6 Å². The van der Waals surface area contributed by atoms with Crippen LogP contribution in [0.2, 0.25) is 0 Å². The van der Waals surface area contributed by atoms with Gasteiger partial charge in [0, 0.05) is 33.2 Å². The summed E-state index contributed by atoms with van der Waals surface area (Å²) in [7, 11) is 1.48. The van der Waals surface area contributed by atoms with Crippen LogP contribution >= 0.6 is 0 Å². The van der Waals surface area contributed by atoms with Crippen molar-refractivity contribution in [3.63, 3.8) is 0 Å². The van der Waals surface area contributed by atoms with Crippen molar-refractivity contribution in [2.75, 3.05) is 20.3 Å². The first-order valence-electron chi connectivity index (χ1n) is 6.53. The summed E-state index contributed by atoms with van der Waals surface area (Å²) >= 11 is 0. The Labute approximate surface area is 120 Å². The molecule has 1 N–H and O–H groups in total. The van der Waals surface area contributed by atoms with E-state index in [1.165, 1.54) is 25.3 Å². The van der Waals surface area contributed by atoms with Crippen LogP contribution in [0, 0.1) is 0 Å². The van der Waals surface area contributed by atoms with E-state index >= 15 is 0 Å². The quantitative estimate of drug-likeness (QED) is 0.929. The predicted octanol–water partition coefficient (Wildman–Crippen LogP) is 2.81. The fraction of sp³-hybridized carbons (Fsp3) is 0.571. The molecular weight excluding hydrogens is 289 g/mol. The first-order valence-corrected chi connectivity index (χ1v) is 6.53. The summed E-state index contributed by atoms with van der Waals surface area (Å²) in [5.41, 5.74) is -0.532. The summed E-state index contributed by atoms with van der Waals surface area (Å²) in [5, 5.41) is 10.5. The average molecular weight is 306 g/mol. The molecule has 0 amide bonds. The zero-order chi connectivity index (χ0) is 15.5. The molecule has 1 aromatic carbocycles. The van der Waals surface area contributed by atoms with Crippen molar-refractivity contribution in [3.05, 3.63) is 29.8 Å². The lowest BCUT2D eigenvalue weighted by Crippen LogP contribution is -2.43. The van der Waals surface area contributed by atoms with Crippen molar-refractivity contribution in [2.45, 2.75) is 30.9 Å². The monoisotopic (exact) mass is 306 g/mol. The molecule has 1 saturated heterocycles. The number of benzene rings is 1. The van der Waals surface area contributed by atoms with E-state index in [1.54, 1.807) is 6.07 Å². The largest absolute Gasteiger partial charge is 0.573 e. The summed E-state index contributed by atoms with van der Waals surface area (Å²) in [5.74, 6) is -0.364. The predicted molar refractivity (Wildman–Crippen MR) is 67.9 cm³/mol. The highest BCUT2D eigenvalue weighted by atomic mass is 19.4. The van der Waals surface area contributed by atoms with Crippen molar-refractivity contribution in [3.8, 4) is 5.75 Å². The zero-order valence-electron chi connectivity index (χ0n) is 11.5. The van der Waals surface area contributed by atoms with Gasteiger partial charge in [0.25, 0.3) is 0 Å². The maximum absolute atomic E-state index is 12.2. The van der Waals surface area contributed by atoms with Crippen LogP contribution in [0.1, 0.15) is 24.5 Å². The molecular formula is C14H17F3O4. The van der Waals surface area contributed by atoms with Gasteiger partial charge in [-0.1, -0.05) is 12.1 Å². The van der Waals surface area contributed by atoms with E-state index in [2.05, 4.69) is 4.74 Å². The lowest BCUT2D eigenvalue weighted by molar-refractivity contribution is -0.274. The molecule has 0 saturated carbocycles. The van der Waals surface area contributed by atoms with E-state index in [1.807, 2.05) is 0 Å². The van der Waals surface area contributed by atoms with E-state index < -0.39 is 18.1 Å². The first kappa shape index (κ1) is 16.1. The second-order valence-corrected chi connectivity index (χ2v) is 4.90. The molecule has 1 heterocycles. The van der Waals surface area contributed by atoms with Gasteiger partial charge in [0.1, 0.15) is 17.5 Å². The van der Waals surface area contributed by atoms with Crippen molar-refractivity contribution in [2.24, 2.45) is 0 Å². The lowest BCUT2D eigenvalue weighted by Gasteiger charge is -2.39. The Balaban J connectivity index is 2.22. The number of ether oxygens (including phenoxy) is 3. The van der Waals surface area contributed by atoms with Crippen LogP contribution in [0.3, 0.4) is 0 Å². The topological polar surface area (TPSA) is 47.9 Å². The van der Waals surface area contributed by atoms with Crippen molar-refractivity contribution in [1.82, 2.24) is 0 Å². The number of aliphatic hydroxyl groups excluding tert-OH is 1. The molecule has 21 heavy (non-hydrogen) atoms. The maximum Gasteiger partial charge on any atom is 0.573 e. The Hall–Kier alpha value is -1.31. The zero-order valence-corrected chi connectivity index (χ0v) is 11.5. The van der Waals surface area contributed by atoms with Crippen LogP contribution in [0.5, 0.6) is 5.75 Å². The summed E-state index contributed by atoms with van der Waals surface area (Å²) in [4.78, 5) is 0. The fourth-order valence-corrected chi connectivity index (χ4v) is 2.49. The Morgan fingerprint density at radius 1 is 1.29 bits per heavy atom. The van der Waals surface area contributed by atoms with Gasteiger partial charge in [-0.3, -0.25) is 0 Å². The molecule has 0 bridgehead atoms. The minimum Gasteiger partial charge on any atom is -0.406 e. The van der Waals surface area contributed by atoms with E-state index in [9.17, 15) is 18.3 Å². The van der Waals surface area contributed by atoms with Crippen LogP contribution in [-0.2, 0) is 9.47 Å². The van der Waals surface area contributed by atoms with E-state index in [0.717, 1.165) is 0 Å². The minimum absolute atomic E-state index is 0.320.